The van der Waals surface area contributed by atoms with Crippen LogP contribution in [0.4, 0.5) is 11.4 Å². The molecule has 32 heavy (non-hydrogen) atoms. The molecule has 4 N–H and O–H groups in total. The molecule has 14 nitrogen and oxygen atoms in total. The van der Waals surface area contributed by atoms with Crippen molar-refractivity contribution in [3.63, 3.8) is 0 Å². The second-order valence-corrected chi connectivity index (χ2v) is 6.30. The van der Waals surface area contributed by atoms with Gasteiger partial charge in [-0.05, 0) is 24.3 Å². The first-order valence-corrected chi connectivity index (χ1v) is 8.28. The molecule has 0 fully saturated rings. The van der Waals surface area contributed by atoms with Crippen molar-refractivity contribution < 1.29 is 49.5 Å². The van der Waals surface area contributed by atoms with Gasteiger partial charge in [-0.1, -0.05) is 0 Å². The normalized spacial score (nSPS) is 14.4. The van der Waals surface area contributed by atoms with Gasteiger partial charge in [-0.3, -0.25) is 29.8 Å². The van der Waals surface area contributed by atoms with Crippen molar-refractivity contribution in [3.05, 3.63) is 79.9 Å². The fourth-order valence-electron chi connectivity index (χ4n) is 2.72. The maximum atomic E-state index is 12.8. The van der Waals surface area contributed by atoms with Crippen molar-refractivity contribution in [1.82, 2.24) is 0 Å². The van der Waals surface area contributed by atoms with Crippen molar-refractivity contribution in [3.8, 4) is 0 Å². The monoisotopic (exact) mass is 448 g/mol. The molecule has 0 amide bonds. The van der Waals surface area contributed by atoms with Crippen LogP contribution in [0, 0.1) is 20.2 Å². The highest BCUT2D eigenvalue weighted by Gasteiger charge is 2.69. The number of aliphatic carboxylic acids is 2. The Balaban J connectivity index is 2.65. The van der Waals surface area contributed by atoms with Gasteiger partial charge in [-0.25, -0.2) is 9.59 Å². The molecule has 0 saturated heterocycles. The van der Waals surface area contributed by atoms with Crippen molar-refractivity contribution in [2.45, 2.75) is 11.2 Å². The van der Waals surface area contributed by atoms with Crippen molar-refractivity contribution in [2.24, 2.45) is 0 Å². The molecule has 166 valence electrons. The first-order chi connectivity index (χ1) is 14.8. The number of carbonyl (C=O) groups excluding carboxylic acids is 2. The number of rotatable bonds is 9. The summed E-state index contributed by atoms with van der Waals surface area (Å²) in [5.74, 6) is -9.14. The summed E-state index contributed by atoms with van der Waals surface area (Å²) in [6.45, 7) is 0. The minimum absolute atomic E-state index is 0.532. The number of benzene rings is 2. The molecule has 0 aliphatic heterocycles. The lowest BCUT2D eigenvalue weighted by Crippen LogP contribution is -2.71. The average molecular weight is 448 g/mol. The largest absolute Gasteiger partial charge is 0.479 e. The van der Waals surface area contributed by atoms with Gasteiger partial charge in [-0.15, -0.1) is 0 Å². The first-order valence-electron chi connectivity index (χ1n) is 8.28. The van der Waals surface area contributed by atoms with Crippen LogP contribution in [0.2, 0.25) is 0 Å². The van der Waals surface area contributed by atoms with Crippen LogP contribution < -0.4 is 0 Å². The smallest absolute Gasteiger partial charge is 0.348 e. The van der Waals surface area contributed by atoms with Gasteiger partial charge in [-0.2, -0.15) is 0 Å². The molecule has 0 unspecified atom stereocenters. The van der Waals surface area contributed by atoms with E-state index in [1.54, 1.807) is 0 Å². The summed E-state index contributed by atoms with van der Waals surface area (Å²) in [5, 5.41) is 61.6. The Labute approximate surface area is 176 Å². The van der Waals surface area contributed by atoms with E-state index in [2.05, 4.69) is 0 Å². The molecule has 2 aromatic carbocycles. The molecule has 2 rings (SSSR count). The molecule has 0 aliphatic rings. The molecule has 0 bridgehead atoms. The third-order valence-electron chi connectivity index (χ3n) is 4.48. The van der Waals surface area contributed by atoms with Gasteiger partial charge in [0.25, 0.3) is 22.6 Å². The van der Waals surface area contributed by atoms with Gasteiger partial charge in [0.05, 0.1) is 9.85 Å². The van der Waals surface area contributed by atoms with E-state index < -0.39 is 67.1 Å². The molecule has 14 heteroatoms. The Morgan fingerprint density at radius 3 is 1.06 bits per heavy atom. The van der Waals surface area contributed by atoms with Crippen LogP contribution in [0.5, 0.6) is 0 Å². The first kappa shape index (κ1) is 23.7. The van der Waals surface area contributed by atoms with Crippen LogP contribution in [0.3, 0.4) is 0 Å². The highest BCUT2D eigenvalue weighted by molar-refractivity contribution is 6.28. The number of nitro groups is 2. The lowest BCUT2D eigenvalue weighted by atomic mass is 9.73. The van der Waals surface area contributed by atoms with Crippen LogP contribution in [0.25, 0.3) is 0 Å². The molecule has 0 aromatic heterocycles. The maximum absolute atomic E-state index is 12.8. The Morgan fingerprint density at radius 2 is 0.875 bits per heavy atom. The quantitative estimate of drug-likeness (QED) is 0.174. The predicted octanol–water partition coefficient (Wildman–Crippen LogP) is 0.200. The predicted molar refractivity (Wildman–Crippen MR) is 100 cm³/mol. The molecule has 2 aromatic rings. The van der Waals surface area contributed by atoms with Gasteiger partial charge >= 0.3 is 11.9 Å². The zero-order chi connectivity index (χ0) is 24.4. The summed E-state index contributed by atoms with van der Waals surface area (Å²) in [5.41, 5.74) is -11.2. The lowest BCUT2D eigenvalue weighted by Gasteiger charge is -2.34. The Hall–Kier alpha value is -4.56. The highest BCUT2D eigenvalue weighted by atomic mass is 16.6. The van der Waals surface area contributed by atoms with Crippen LogP contribution in [0.1, 0.15) is 20.7 Å². The summed E-state index contributed by atoms with van der Waals surface area (Å²) in [7, 11) is 0. The summed E-state index contributed by atoms with van der Waals surface area (Å²) >= 11 is 0. The number of hydrogen-bond acceptors (Lipinski definition) is 10. The number of carboxylic acids is 2. The molecule has 0 saturated carbocycles. The van der Waals surface area contributed by atoms with Crippen molar-refractivity contribution in [1.29, 1.82) is 0 Å². The van der Waals surface area contributed by atoms with Gasteiger partial charge in [0.1, 0.15) is 0 Å². The van der Waals surface area contributed by atoms with Crippen LogP contribution in [0.15, 0.2) is 48.5 Å². The van der Waals surface area contributed by atoms with Gasteiger partial charge in [0, 0.05) is 35.4 Å². The van der Waals surface area contributed by atoms with E-state index in [0.717, 1.165) is 24.3 Å². The third kappa shape index (κ3) is 3.66. The van der Waals surface area contributed by atoms with Gasteiger partial charge < -0.3 is 20.4 Å². The number of nitro benzene ring substituents is 2. The summed E-state index contributed by atoms with van der Waals surface area (Å²) in [6.07, 6.45) is 0. The zero-order valence-electron chi connectivity index (χ0n) is 15.6. The van der Waals surface area contributed by atoms with E-state index in [9.17, 15) is 59.8 Å². The van der Waals surface area contributed by atoms with E-state index in [0.29, 0.717) is 24.3 Å². The number of ketones is 2. The summed E-state index contributed by atoms with van der Waals surface area (Å²) in [4.78, 5) is 68.8. The number of nitrogens with zero attached hydrogens (tertiary/aromatic N) is 2. The number of carboxylic acid groups (broad SMARTS) is 2. The second-order valence-electron chi connectivity index (χ2n) is 6.30. The number of carbonyl (C=O) groups is 4. The molecular formula is C18H12N2O12. The van der Waals surface area contributed by atoms with Crippen molar-refractivity contribution in [2.75, 3.05) is 0 Å². The Kier molecular flexibility index (Phi) is 6.14. The summed E-state index contributed by atoms with van der Waals surface area (Å²) in [6, 6.07) is 5.72. The molecule has 0 radical (unpaired) electrons. The van der Waals surface area contributed by atoms with E-state index >= 15 is 0 Å². The van der Waals surface area contributed by atoms with Crippen LogP contribution >= 0.6 is 0 Å². The van der Waals surface area contributed by atoms with E-state index in [4.69, 9.17) is 0 Å². The number of non-ortho nitro benzene ring substituents is 2. The van der Waals surface area contributed by atoms with Crippen molar-refractivity contribution >= 4 is 34.9 Å². The highest BCUT2D eigenvalue weighted by Crippen LogP contribution is 2.32. The average Bonchev–Trinajstić information content (AvgIpc) is 2.76. The molecule has 2 atom stereocenters. The molecule has 0 spiro atoms. The van der Waals surface area contributed by atoms with E-state index in [-0.39, 0.29) is 0 Å². The fraction of sp³-hybridized carbons (Fsp3) is 0.111. The minimum Gasteiger partial charge on any atom is -0.479 e. The number of Topliss-reactive ketones (excluding diaryl/α,β-unsaturated/α-hetero) is 2. The van der Waals surface area contributed by atoms with Crippen LogP contribution in [-0.4, -0.2) is 65.0 Å². The van der Waals surface area contributed by atoms with E-state index in [1.165, 1.54) is 0 Å². The fourth-order valence-corrected chi connectivity index (χ4v) is 2.72. The third-order valence-corrected chi connectivity index (χ3v) is 4.48. The Morgan fingerprint density at radius 1 is 0.625 bits per heavy atom. The zero-order valence-corrected chi connectivity index (χ0v) is 15.6. The SMILES string of the molecule is O=C(O)[C@@](O)(C(=O)c1ccc([N+](=O)[O-])cc1)[C@@](O)(C(=O)O)C(=O)c1ccc([N+](=O)[O-])cc1. The number of aliphatic hydroxyl groups is 2. The van der Waals surface area contributed by atoms with Gasteiger partial charge in [0.15, 0.2) is 0 Å². The Bertz CT molecular complexity index is 1050. The molecule has 0 aliphatic carbocycles. The van der Waals surface area contributed by atoms with E-state index in [1.807, 2.05) is 0 Å². The minimum atomic E-state index is -4.28. The lowest BCUT2D eigenvalue weighted by molar-refractivity contribution is -0.385. The molecular weight excluding hydrogens is 436 g/mol. The maximum Gasteiger partial charge on any atom is 0.348 e. The van der Waals surface area contributed by atoms with Gasteiger partial charge in [0.2, 0.25) is 11.6 Å². The topological polar surface area (TPSA) is 235 Å². The summed E-state index contributed by atoms with van der Waals surface area (Å²) < 4.78 is 0. The number of hydrogen-bond donors (Lipinski definition) is 4. The second kappa shape index (κ2) is 8.29. The molecule has 0 heterocycles. The van der Waals surface area contributed by atoms with Crippen LogP contribution in [-0.2, 0) is 9.59 Å². The standard InChI is InChI=1S/C18H12N2O12/c21-13(9-1-5-11(6-2-9)19(29)30)17(27,15(23)24)18(28,16(25)26)14(22)10-3-7-12(8-4-10)20(31)32/h1-8,27-28H,(H,23,24)(H,25,26)/t17-,18-/m0/s1.